The summed E-state index contributed by atoms with van der Waals surface area (Å²) in [6.45, 7) is 7.06. The molecular formula is C27H33BrN4O5. The number of amides is 3. The summed E-state index contributed by atoms with van der Waals surface area (Å²) in [5.74, 6) is -0.260. The second kappa shape index (κ2) is 13.0. The number of nitrogens with one attached hydrogen (secondary N) is 2. The Morgan fingerprint density at radius 1 is 1.14 bits per heavy atom. The van der Waals surface area contributed by atoms with Crippen molar-refractivity contribution >= 4 is 45.0 Å². The Balaban J connectivity index is 1.20. The summed E-state index contributed by atoms with van der Waals surface area (Å²) >= 11 is 3.41. The smallest absolute Gasteiger partial charge is 0.262 e. The zero-order chi connectivity index (χ0) is 26.2. The van der Waals surface area contributed by atoms with E-state index in [2.05, 4.69) is 31.5 Å². The topological polar surface area (TPSA) is 100 Å². The number of nitrogens with zero attached hydrogens (tertiary/aromatic N) is 2. The Hall–Kier alpha value is -2.95. The summed E-state index contributed by atoms with van der Waals surface area (Å²) in [6.07, 6.45) is 1.07. The molecule has 9 nitrogen and oxygen atoms in total. The van der Waals surface area contributed by atoms with Gasteiger partial charge in [0.25, 0.3) is 5.91 Å². The summed E-state index contributed by atoms with van der Waals surface area (Å²) in [5.41, 5.74) is 2.38. The molecule has 0 saturated carbocycles. The zero-order valence-electron chi connectivity index (χ0n) is 21.0. The highest BCUT2D eigenvalue weighted by Gasteiger charge is 2.35. The molecule has 3 amide bonds. The van der Waals surface area contributed by atoms with E-state index in [1.807, 2.05) is 25.1 Å². The molecule has 2 saturated heterocycles. The first-order valence-corrected chi connectivity index (χ1v) is 13.4. The highest BCUT2D eigenvalue weighted by molar-refractivity contribution is 9.10. The van der Waals surface area contributed by atoms with Gasteiger partial charge in [0.1, 0.15) is 5.75 Å². The maximum Gasteiger partial charge on any atom is 0.262 e. The molecule has 10 heteroatoms. The van der Waals surface area contributed by atoms with Gasteiger partial charge in [0.2, 0.25) is 11.8 Å². The molecule has 0 aromatic heterocycles. The number of anilines is 2. The highest BCUT2D eigenvalue weighted by Crippen LogP contribution is 2.27. The summed E-state index contributed by atoms with van der Waals surface area (Å²) < 4.78 is 11.9. The maximum atomic E-state index is 12.6. The minimum atomic E-state index is -0.363. The fourth-order valence-electron chi connectivity index (χ4n) is 4.44. The van der Waals surface area contributed by atoms with E-state index in [9.17, 15) is 14.4 Å². The Morgan fingerprint density at radius 3 is 2.62 bits per heavy atom. The number of carbonyl (C=O) groups excluding carboxylic acids is 3. The van der Waals surface area contributed by atoms with Gasteiger partial charge in [-0.25, -0.2) is 0 Å². The average Bonchev–Trinajstić information content (AvgIpc) is 3.29. The van der Waals surface area contributed by atoms with Crippen LogP contribution in [0.3, 0.4) is 0 Å². The SMILES string of the molecule is Cc1cc(Br)ccc1NC(=O)COc1ccc(N2C[C@@H](C(=O)NCCCN3CCOCC3)CC2=O)cc1. The van der Waals surface area contributed by atoms with Crippen LogP contribution < -0.4 is 20.3 Å². The van der Waals surface area contributed by atoms with Crippen LogP contribution in [0, 0.1) is 12.8 Å². The summed E-state index contributed by atoms with van der Waals surface area (Å²) in [6, 6.07) is 12.6. The number of rotatable bonds is 10. The summed E-state index contributed by atoms with van der Waals surface area (Å²) in [4.78, 5) is 41.4. The minimum Gasteiger partial charge on any atom is -0.484 e. The van der Waals surface area contributed by atoms with Crippen LogP contribution in [0.4, 0.5) is 11.4 Å². The van der Waals surface area contributed by atoms with E-state index < -0.39 is 0 Å². The molecule has 1 atom stereocenters. The number of halogens is 1. The summed E-state index contributed by atoms with van der Waals surface area (Å²) in [5, 5.41) is 5.82. The maximum absolute atomic E-state index is 12.6. The number of benzene rings is 2. The van der Waals surface area contributed by atoms with E-state index in [1.54, 1.807) is 29.2 Å². The number of aryl methyl sites for hydroxylation is 1. The molecule has 2 aliphatic heterocycles. The van der Waals surface area contributed by atoms with Crippen LogP contribution >= 0.6 is 15.9 Å². The standard InChI is InChI=1S/C27H33BrN4O5/c1-19-15-21(28)3-8-24(19)30-25(33)18-37-23-6-4-22(5-7-23)32-17-20(16-26(32)34)27(35)29-9-2-10-31-11-13-36-14-12-31/h3-8,15,20H,2,9-14,16-18H2,1H3,(H,29,35)(H,30,33)/t20-/m0/s1. The first-order chi connectivity index (χ1) is 17.9. The van der Waals surface area contributed by atoms with E-state index in [4.69, 9.17) is 9.47 Å². The third-order valence-corrected chi connectivity index (χ3v) is 7.02. The molecule has 2 N–H and O–H groups in total. The number of hydrogen-bond donors (Lipinski definition) is 2. The molecular weight excluding hydrogens is 540 g/mol. The van der Waals surface area contributed by atoms with E-state index in [1.165, 1.54) is 0 Å². The predicted molar refractivity (Wildman–Crippen MR) is 145 cm³/mol. The first kappa shape index (κ1) is 27.1. The number of morpholine rings is 1. The van der Waals surface area contributed by atoms with E-state index in [0.717, 1.165) is 55.0 Å². The largest absolute Gasteiger partial charge is 0.484 e. The van der Waals surface area contributed by atoms with Gasteiger partial charge in [-0.2, -0.15) is 0 Å². The van der Waals surface area contributed by atoms with Crippen LogP contribution in [0.5, 0.6) is 5.75 Å². The Kier molecular flexibility index (Phi) is 9.54. The van der Waals surface area contributed by atoms with Crippen molar-refractivity contribution in [2.24, 2.45) is 5.92 Å². The minimum absolute atomic E-state index is 0.0774. The fraction of sp³-hybridized carbons (Fsp3) is 0.444. The van der Waals surface area contributed by atoms with Crippen LogP contribution in [-0.4, -0.2) is 75.2 Å². The molecule has 4 rings (SSSR count). The van der Waals surface area contributed by atoms with Crippen LogP contribution in [0.1, 0.15) is 18.4 Å². The van der Waals surface area contributed by atoms with Crippen molar-refractivity contribution in [3.05, 3.63) is 52.5 Å². The van der Waals surface area contributed by atoms with Gasteiger partial charge >= 0.3 is 0 Å². The lowest BCUT2D eigenvalue weighted by molar-refractivity contribution is -0.126. The van der Waals surface area contributed by atoms with Crippen molar-refractivity contribution in [3.63, 3.8) is 0 Å². The van der Waals surface area contributed by atoms with E-state index in [-0.39, 0.29) is 36.7 Å². The van der Waals surface area contributed by atoms with Gasteiger partial charge in [0, 0.05) is 48.4 Å². The Morgan fingerprint density at radius 2 is 1.89 bits per heavy atom. The van der Waals surface area contributed by atoms with Crippen molar-refractivity contribution in [2.45, 2.75) is 19.8 Å². The Labute approximate surface area is 225 Å². The quantitative estimate of drug-likeness (QED) is 0.424. The molecule has 2 fully saturated rings. The third-order valence-electron chi connectivity index (χ3n) is 6.53. The molecule has 0 radical (unpaired) electrons. The van der Waals surface area contributed by atoms with Gasteiger partial charge in [-0.1, -0.05) is 15.9 Å². The van der Waals surface area contributed by atoms with Crippen molar-refractivity contribution < 1.29 is 23.9 Å². The zero-order valence-corrected chi connectivity index (χ0v) is 22.6. The molecule has 37 heavy (non-hydrogen) atoms. The van der Waals surface area contributed by atoms with Gasteiger partial charge in [-0.05, 0) is 67.9 Å². The van der Waals surface area contributed by atoms with E-state index in [0.29, 0.717) is 24.5 Å². The van der Waals surface area contributed by atoms with Crippen LogP contribution in [0.15, 0.2) is 46.9 Å². The van der Waals surface area contributed by atoms with Gasteiger partial charge in [-0.15, -0.1) is 0 Å². The van der Waals surface area contributed by atoms with Gasteiger partial charge in [0.05, 0.1) is 19.1 Å². The number of ether oxygens (including phenoxy) is 2. The first-order valence-electron chi connectivity index (χ1n) is 12.6. The highest BCUT2D eigenvalue weighted by atomic mass is 79.9. The van der Waals surface area contributed by atoms with Crippen LogP contribution in [0.25, 0.3) is 0 Å². The second-order valence-electron chi connectivity index (χ2n) is 9.29. The molecule has 0 bridgehead atoms. The molecule has 0 spiro atoms. The van der Waals surface area contributed by atoms with Crippen molar-refractivity contribution in [1.29, 1.82) is 0 Å². The predicted octanol–water partition coefficient (Wildman–Crippen LogP) is 2.97. The fourth-order valence-corrected chi connectivity index (χ4v) is 4.92. The lowest BCUT2D eigenvalue weighted by atomic mass is 10.1. The molecule has 2 aliphatic rings. The van der Waals surface area contributed by atoms with Crippen molar-refractivity contribution in [1.82, 2.24) is 10.2 Å². The van der Waals surface area contributed by atoms with Gasteiger partial charge in [0.15, 0.2) is 6.61 Å². The normalized spacial score (nSPS) is 18.1. The second-order valence-corrected chi connectivity index (χ2v) is 10.2. The van der Waals surface area contributed by atoms with Gasteiger partial charge < -0.3 is 25.0 Å². The molecule has 2 aromatic rings. The molecule has 2 aromatic carbocycles. The molecule has 0 aliphatic carbocycles. The summed E-state index contributed by atoms with van der Waals surface area (Å²) in [7, 11) is 0. The molecule has 198 valence electrons. The molecule has 0 unspecified atom stereocenters. The lowest BCUT2D eigenvalue weighted by Gasteiger charge is -2.26. The lowest BCUT2D eigenvalue weighted by Crippen LogP contribution is -2.39. The number of carbonyl (C=O) groups is 3. The number of hydrogen-bond acceptors (Lipinski definition) is 6. The van der Waals surface area contributed by atoms with Crippen molar-refractivity contribution in [3.8, 4) is 5.75 Å². The molecule has 2 heterocycles. The third kappa shape index (κ3) is 7.77. The average molecular weight is 573 g/mol. The monoisotopic (exact) mass is 572 g/mol. The van der Waals surface area contributed by atoms with E-state index >= 15 is 0 Å². The van der Waals surface area contributed by atoms with Gasteiger partial charge in [-0.3, -0.25) is 19.3 Å². The van der Waals surface area contributed by atoms with Crippen LogP contribution in [0.2, 0.25) is 0 Å². The van der Waals surface area contributed by atoms with Crippen molar-refractivity contribution in [2.75, 3.05) is 62.8 Å². The van der Waals surface area contributed by atoms with Crippen LogP contribution in [-0.2, 0) is 19.1 Å². The Bertz CT molecular complexity index is 1100.